The fraction of sp³-hybridized carbons (Fsp3) is 0.667. The highest BCUT2D eigenvalue weighted by molar-refractivity contribution is 6.67. The van der Waals surface area contributed by atoms with Crippen LogP contribution in [0.2, 0.25) is 0 Å². The first kappa shape index (κ1) is 7.25. The van der Waals surface area contributed by atoms with Gasteiger partial charge in [-0.3, -0.25) is 0 Å². The molecule has 1 unspecified atom stereocenters. The molecule has 0 saturated carbocycles. The van der Waals surface area contributed by atoms with Gasteiger partial charge in [0.2, 0.25) is 3.79 Å². The first-order chi connectivity index (χ1) is 4.34. The van der Waals surface area contributed by atoms with Crippen LogP contribution in [0.1, 0.15) is 1.37 Å². The molecule has 3 nitrogen and oxygen atoms in total. The van der Waals surface area contributed by atoms with Gasteiger partial charge in [0.25, 0.3) is 0 Å². The summed E-state index contributed by atoms with van der Waals surface area (Å²) in [4.78, 5) is 9.96. The Kier molecular flexibility index (Phi) is 2.69. The standard InChI is InChI=1S/C3H4Cl3NO2/c4-3(5,6)1-9-2(7)8/h1H2,(H2,7,8)/i1D. The summed E-state index contributed by atoms with van der Waals surface area (Å²) in [6.07, 6.45) is -1.15. The van der Waals surface area contributed by atoms with E-state index in [0.29, 0.717) is 0 Å². The number of halogens is 3. The van der Waals surface area contributed by atoms with Crippen molar-refractivity contribution in [1.29, 1.82) is 0 Å². The van der Waals surface area contributed by atoms with Gasteiger partial charge in [-0.25, -0.2) is 4.79 Å². The topological polar surface area (TPSA) is 52.3 Å². The molecular weight excluding hydrogens is 188 g/mol. The van der Waals surface area contributed by atoms with Crippen LogP contribution in [0.4, 0.5) is 4.79 Å². The van der Waals surface area contributed by atoms with E-state index < -0.39 is 16.5 Å². The molecule has 0 aromatic carbocycles. The maximum Gasteiger partial charge on any atom is 0.404 e. The van der Waals surface area contributed by atoms with E-state index in [2.05, 4.69) is 10.5 Å². The molecule has 2 N–H and O–H groups in total. The van der Waals surface area contributed by atoms with Crippen LogP contribution in [0.15, 0.2) is 0 Å². The third-order valence-electron chi connectivity index (χ3n) is 0.309. The number of ether oxygens (including phenoxy) is 1. The number of carbonyl (C=O) groups is 1. The minimum Gasteiger partial charge on any atom is -0.445 e. The van der Waals surface area contributed by atoms with Crippen LogP contribution in [0, 0.1) is 0 Å². The zero-order chi connectivity index (χ0) is 8.36. The third-order valence-corrected chi connectivity index (χ3v) is 0.576. The lowest BCUT2D eigenvalue weighted by atomic mass is 10.8. The summed E-state index contributed by atoms with van der Waals surface area (Å²) in [5.41, 5.74) is 4.53. The van der Waals surface area contributed by atoms with Crippen LogP contribution >= 0.6 is 34.8 Å². The lowest BCUT2D eigenvalue weighted by molar-refractivity contribution is 0.159. The van der Waals surface area contributed by atoms with Crippen molar-refractivity contribution in [3.8, 4) is 0 Å². The van der Waals surface area contributed by atoms with Gasteiger partial charge in [0.1, 0.15) is 6.58 Å². The van der Waals surface area contributed by atoms with E-state index in [4.69, 9.17) is 36.2 Å². The second kappa shape index (κ2) is 3.34. The highest BCUT2D eigenvalue weighted by Crippen LogP contribution is 2.25. The largest absolute Gasteiger partial charge is 0.445 e. The predicted molar refractivity (Wildman–Crippen MR) is 35.8 cm³/mol. The molecule has 0 radical (unpaired) electrons. The van der Waals surface area contributed by atoms with Gasteiger partial charge in [0.05, 0.1) is 1.37 Å². The molecule has 0 fully saturated rings. The van der Waals surface area contributed by atoms with Gasteiger partial charge in [0.15, 0.2) is 0 Å². The highest BCUT2D eigenvalue weighted by Gasteiger charge is 2.20. The maximum absolute atomic E-state index is 9.96. The molecule has 0 saturated heterocycles. The van der Waals surface area contributed by atoms with E-state index in [-0.39, 0.29) is 0 Å². The number of alkyl halides is 3. The first-order valence-corrected chi connectivity index (χ1v) is 2.92. The van der Waals surface area contributed by atoms with Crippen molar-refractivity contribution in [2.24, 2.45) is 5.73 Å². The number of carbonyl (C=O) groups excluding carboxylic acids is 1. The zero-order valence-electron chi connectivity index (χ0n) is 5.11. The molecule has 0 aliphatic heterocycles. The number of hydrogen-bond acceptors (Lipinski definition) is 2. The molecule has 0 bridgehead atoms. The molecule has 0 heterocycles. The second-order valence-electron chi connectivity index (χ2n) is 1.10. The number of primary amides is 1. The second-order valence-corrected chi connectivity index (χ2v) is 3.47. The lowest BCUT2D eigenvalue weighted by Crippen LogP contribution is -2.21. The lowest BCUT2D eigenvalue weighted by Gasteiger charge is -2.08. The van der Waals surface area contributed by atoms with Crippen molar-refractivity contribution in [3.05, 3.63) is 0 Å². The van der Waals surface area contributed by atoms with Crippen LogP contribution in [-0.2, 0) is 4.74 Å². The summed E-state index contributed by atoms with van der Waals surface area (Å²) in [5.74, 6) is 0. The number of amides is 1. The molecule has 0 rings (SSSR count). The molecular formula is C3H4Cl3NO2. The van der Waals surface area contributed by atoms with Crippen LogP contribution < -0.4 is 5.73 Å². The Hall–Kier alpha value is 0.140. The van der Waals surface area contributed by atoms with Gasteiger partial charge >= 0.3 is 6.09 Å². The van der Waals surface area contributed by atoms with E-state index >= 15 is 0 Å². The van der Waals surface area contributed by atoms with Gasteiger partial charge in [-0.1, -0.05) is 34.8 Å². The number of nitrogens with two attached hydrogens (primary N) is 1. The number of rotatable bonds is 1. The Bertz CT molecular complexity index is 136. The summed E-state index contributed by atoms with van der Waals surface area (Å²) in [5, 5.41) is 0. The molecule has 0 aromatic heterocycles. The van der Waals surface area contributed by atoms with Gasteiger partial charge in [-0.05, 0) is 0 Å². The van der Waals surface area contributed by atoms with Crippen LogP contribution in [0.3, 0.4) is 0 Å². The van der Waals surface area contributed by atoms with Crippen molar-refractivity contribution >= 4 is 40.9 Å². The minimum atomic E-state index is -1.95. The van der Waals surface area contributed by atoms with E-state index in [1.165, 1.54) is 0 Å². The SMILES string of the molecule is [2H]C(OC(N)=O)C(Cl)(Cl)Cl. The van der Waals surface area contributed by atoms with Gasteiger partial charge < -0.3 is 10.5 Å². The Morgan fingerprint density at radius 3 is 2.33 bits per heavy atom. The molecule has 9 heavy (non-hydrogen) atoms. The Balaban J connectivity index is 3.85. The molecule has 0 aliphatic rings. The highest BCUT2D eigenvalue weighted by atomic mass is 35.6. The molecule has 54 valence electrons. The third kappa shape index (κ3) is 8.14. The van der Waals surface area contributed by atoms with E-state index in [0.717, 1.165) is 0 Å². The Labute approximate surface area is 68.4 Å². The Morgan fingerprint density at radius 2 is 2.22 bits per heavy atom. The van der Waals surface area contributed by atoms with E-state index in [1.54, 1.807) is 0 Å². The molecule has 0 aliphatic carbocycles. The van der Waals surface area contributed by atoms with E-state index in [9.17, 15) is 4.79 Å². The monoisotopic (exact) mass is 192 g/mol. The average molecular weight is 193 g/mol. The van der Waals surface area contributed by atoms with Crippen LogP contribution in [0.5, 0.6) is 0 Å². The predicted octanol–water partition coefficient (Wildman–Crippen LogP) is 1.45. The quantitative estimate of drug-likeness (QED) is 0.641. The minimum absolute atomic E-state index is 1.15. The van der Waals surface area contributed by atoms with Crippen LogP contribution in [0.25, 0.3) is 0 Å². The maximum atomic E-state index is 9.96. The smallest absolute Gasteiger partial charge is 0.404 e. The Morgan fingerprint density at radius 1 is 1.78 bits per heavy atom. The molecule has 0 spiro atoms. The van der Waals surface area contributed by atoms with Crippen molar-refractivity contribution in [2.45, 2.75) is 3.79 Å². The molecule has 6 heteroatoms. The molecule has 1 amide bonds. The first-order valence-electron chi connectivity index (χ1n) is 2.37. The van der Waals surface area contributed by atoms with Gasteiger partial charge in [-0.15, -0.1) is 0 Å². The number of hydrogen-bond donors (Lipinski definition) is 1. The fourth-order valence-electron chi connectivity index (χ4n) is 0.125. The van der Waals surface area contributed by atoms with Crippen molar-refractivity contribution in [3.63, 3.8) is 0 Å². The summed E-state index contributed by atoms with van der Waals surface area (Å²) in [6.45, 7) is -1.59. The van der Waals surface area contributed by atoms with Gasteiger partial charge in [-0.2, -0.15) is 0 Å². The van der Waals surface area contributed by atoms with Crippen molar-refractivity contribution in [2.75, 3.05) is 6.58 Å². The summed E-state index contributed by atoms with van der Waals surface area (Å²) >= 11 is 15.4. The fourth-order valence-corrected chi connectivity index (χ4v) is 0.259. The zero-order valence-corrected chi connectivity index (χ0v) is 6.37. The van der Waals surface area contributed by atoms with Crippen molar-refractivity contribution in [1.82, 2.24) is 0 Å². The summed E-state index contributed by atoms with van der Waals surface area (Å²) in [6, 6.07) is 0. The summed E-state index contributed by atoms with van der Waals surface area (Å²) < 4.78 is 8.91. The van der Waals surface area contributed by atoms with Gasteiger partial charge in [0, 0.05) is 0 Å². The molecule has 0 aromatic rings. The van der Waals surface area contributed by atoms with Crippen molar-refractivity contribution < 1.29 is 10.9 Å². The normalized spacial score (nSPS) is 16.1. The van der Waals surface area contributed by atoms with Crippen LogP contribution in [-0.4, -0.2) is 16.5 Å². The summed E-state index contributed by atoms with van der Waals surface area (Å²) in [7, 11) is 0. The van der Waals surface area contributed by atoms with E-state index in [1.807, 2.05) is 0 Å². The molecule has 1 atom stereocenters. The average Bonchev–Trinajstić information content (AvgIpc) is 1.60.